The predicted octanol–water partition coefficient (Wildman–Crippen LogP) is 3.75. The van der Waals surface area contributed by atoms with Crippen molar-refractivity contribution in [2.45, 2.75) is 6.42 Å². The van der Waals surface area contributed by atoms with Gasteiger partial charge in [-0.05, 0) is 53.6 Å². The minimum atomic E-state index is -0.553. The molecule has 0 aliphatic carbocycles. The third kappa shape index (κ3) is 5.19. The molecular weight excluding hydrogens is 342 g/mol. The predicted molar refractivity (Wildman–Crippen MR) is 102 cm³/mol. The Morgan fingerprint density at radius 3 is 2.30 bits per heavy atom. The van der Waals surface area contributed by atoms with E-state index in [9.17, 15) is 9.59 Å². The first-order chi connectivity index (χ1) is 13.1. The molecule has 0 fully saturated rings. The molecular formula is C22H19NO4. The van der Waals surface area contributed by atoms with E-state index in [1.54, 1.807) is 18.2 Å². The minimum absolute atomic E-state index is 0.211. The zero-order valence-electron chi connectivity index (χ0n) is 14.6. The SMILES string of the molecule is NC(=O)COc1ccc(C=O)cc1Cc1ccc(Oc2ccccc2)cc1. The van der Waals surface area contributed by atoms with Gasteiger partial charge in [0.1, 0.15) is 23.5 Å². The van der Waals surface area contributed by atoms with Gasteiger partial charge in [-0.3, -0.25) is 9.59 Å². The van der Waals surface area contributed by atoms with Gasteiger partial charge in [-0.1, -0.05) is 30.3 Å². The van der Waals surface area contributed by atoms with E-state index in [-0.39, 0.29) is 6.61 Å². The first-order valence-electron chi connectivity index (χ1n) is 8.45. The molecule has 0 aliphatic rings. The molecule has 0 unspecified atom stereocenters. The van der Waals surface area contributed by atoms with Crippen LogP contribution in [0.4, 0.5) is 0 Å². The van der Waals surface area contributed by atoms with Crippen LogP contribution in [0.25, 0.3) is 0 Å². The number of nitrogens with two attached hydrogens (primary N) is 1. The van der Waals surface area contributed by atoms with E-state index in [1.807, 2.05) is 54.6 Å². The van der Waals surface area contributed by atoms with Crippen LogP contribution < -0.4 is 15.2 Å². The highest BCUT2D eigenvalue weighted by Crippen LogP contribution is 2.25. The molecule has 0 saturated heterocycles. The fraction of sp³-hybridized carbons (Fsp3) is 0.0909. The fourth-order valence-electron chi connectivity index (χ4n) is 2.62. The lowest BCUT2D eigenvalue weighted by Crippen LogP contribution is -2.20. The van der Waals surface area contributed by atoms with E-state index < -0.39 is 5.91 Å². The van der Waals surface area contributed by atoms with E-state index >= 15 is 0 Å². The number of hydrogen-bond donors (Lipinski definition) is 1. The Hall–Kier alpha value is -3.60. The summed E-state index contributed by atoms with van der Waals surface area (Å²) in [4.78, 5) is 22.1. The second kappa shape index (κ2) is 8.67. The molecule has 0 radical (unpaired) electrons. The Morgan fingerprint density at radius 1 is 0.926 bits per heavy atom. The highest BCUT2D eigenvalue weighted by Gasteiger charge is 2.08. The molecule has 3 aromatic carbocycles. The number of carbonyl (C=O) groups excluding carboxylic acids is 2. The molecule has 0 atom stereocenters. The molecule has 0 aliphatic heterocycles. The number of carbonyl (C=O) groups is 2. The van der Waals surface area contributed by atoms with Gasteiger partial charge in [0.05, 0.1) is 0 Å². The second-order valence-corrected chi connectivity index (χ2v) is 5.98. The molecule has 3 aromatic rings. The normalized spacial score (nSPS) is 10.2. The zero-order chi connectivity index (χ0) is 19.1. The molecule has 0 aromatic heterocycles. The lowest BCUT2D eigenvalue weighted by molar-refractivity contribution is -0.119. The van der Waals surface area contributed by atoms with Crippen LogP contribution in [0.3, 0.4) is 0 Å². The van der Waals surface area contributed by atoms with Crippen molar-refractivity contribution in [2.24, 2.45) is 5.73 Å². The van der Waals surface area contributed by atoms with E-state index in [0.29, 0.717) is 17.7 Å². The smallest absolute Gasteiger partial charge is 0.255 e. The average Bonchev–Trinajstić information content (AvgIpc) is 2.69. The Bertz CT molecular complexity index is 921. The summed E-state index contributed by atoms with van der Waals surface area (Å²) in [5.74, 6) is 1.48. The summed E-state index contributed by atoms with van der Waals surface area (Å²) < 4.78 is 11.2. The van der Waals surface area contributed by atoms with Gasteiger partial charge >= 0.3 is 0 Å². The maximum atomic E-state index is 11.1. The van der Waals surface area contributed by atoms with Crippen LogP contribution in [-0.2, 0) is 11.2 Å². The van der Waals surface area contributed by atoms with Crippen LogP contribution in [0.2, 0.25) is 0 Å². The first-order valence-corrected chi connectivity index (χ1v) is 8.45. The fourth-order valence-corrected chi connectivity index (χ4v) is 2.62. The lowest BCUT2D eigenvalue weighted by atomic mass is 10.0. The van der Waals surface area contributed by atoms with Crippen LogP contribution in [0.15, 0.2) is 72.8 Å². The maximum absolute atomic E-state index is 11.1. The Kier molecular flexibility index (Phi) is 5.84. The number of benzene rings is 3. The number of hydrogen-bond acceptors (Lipinski definition) is 4. The summed E-state index contributed by atoms with van der Waals surface area (Å²) in [6.07, 6.45) is 1.32. The van der Waals surface area contributed by atoms with Gasteiger partial charge in [-0.2, -0.15) is 0 Å². The summed E-state index contributed by atoms with van der Waals surface area (Å²) >= 11 is 0. The van der Waals surface area contributed by atoms with Gasteiger partial charge in [0.15, 0.2) is 6.61 Å². The van der Waals surface area contributed by atoms with Crippen LogP contribution >= 0.6 is 0 Å². The highest BCUT2D eigenvalue weighted by molar-refractivity contribution is 5.76. The van der Waals surface area contributed by atoms with Gasteiger partial charge in [-0.25, -0.2) is 0 Å². The minimum Gasteiger partial charge on any atom is -0.483 e. The number of rotatable bonds is 8. The van der Waals surface area contributed by atoms with Gasteiger partial charge in [-0.15, -0.1) is 0 Å². The summed E-state index contributed by atoms with van der Waals surface area (Å²) in [6, 6.07) is 22.3. The van der Waals surface area contributed by atoms with Crippen molar-refractivity contribution < 1.29 is 19.1 Å². The van der Waals surface area contributed by atoms with Gasteiger partial charge in [0.2, 0.25) is 0 Å². The molecule has 27 heavy (non-hydrogen) atoms. The summed E-state index contributed by atoms with van der Waals surface area (Å²) in [6.45, 7) is -0.211. The van der Waals surface area contributed by atoms with Crippen LogP contribution in [0.1, 0.15) is 21.5 Å². The maximum Gasteiger partial charge on any atom is 0.255 e. The monoisotopic (exact) mass is 361 g/mol. The van der Waals surface area contributed by atoms with Crippen molar-refractivity contribution in [3.05, 3.63) is 89.5 Å². The third-order valence-corrected chi connectivity index (χ3v) is 3.89. The number of primary amides is 1. The summed E-state index contributed by atoms with van der Waals surface area (Å²) in [7, 11) is 0. The molecule has 5 nitrogen and oxygen atoms in total. The summed E-state index contributed by atoms with van der Waals surface area (Å²) in [5, 5.41) is 0. The van der Waals surface area contributed by atoms with Gasteiger partial charge in [0.25, 0.3) is 5.91 Å². The largest absolute Gasteiger partial charge is 0.483 e. The van der Waals surface area contributed by atoms with Crippen molar-refractivity contribution >= 4 is 12.2 Å². The molecule has 136 valence electrons. The quantitative estimate of drug-likeness (QED) is 0.620. The number of para-hydroxylation sites is 1. The van der Waals surface area contributed by atoms with E-state index in [4.69, 9.17) is 15.2 Å². The van der Waals surface area contributed by atoms with Crippen molar-refractivity contribution in [3.8, 4) is 17.2 Å². The summed E-state index contributed by atoms with van der Waals surface area (Å²) in [5.41, 5.74) is 7.51. The molecule has 1 amide bonds. The third-order valence-electron chi connectivity index (χ3n) is 3.89. The molecule has 0 saturated carbocycles. The average molecular weight is 361 g/mol. The second-order valence-electron chi connectivity index (χ2n) is 5.98. The van der Waals surface area contributed by atoms with Crippen molar-refractivity contribution in [3.63, 3.8) is 0 Å². The van der Waals surface area contributed by atoms with Gasteiger partial charge in [0, 0.05) is 12.0 Å². The molecule has 0 spiro atoms. The molecule has 5 heteroatoms. The Labute approximate surface area is 157 Å². The molecule has 2 N–H and O–H groups in total. The molecule has 0 heterocycles. The van der Waals surface area contributed by atoms with Crippen molar-refractivity contribution in [1.82, 2.24) is 0 Å². The van der Waals surface area contributed by atoms with Crippen LogP contribution in [-0.4, -0.2) is 18.8 Å². The number of ether oxygens (including phenoxy) is 2. The van der Waals surface area contributed by atoms with Crippen LogP contribution in [0, 0.1) is 0 Å². The highest BCUT2D eigenvalue weighted by atomic mass is 16.5. The van der Waals surface area contributed by atoms with E-state index in [1.165, 1.54) is 0 Å². The molecule has 0 bridgehead atoms. The number of amides is 1. The van der Waals surface area contributed by atoms with Crippen molar-refractivity contribution in [2.75, 3.05) is 6.61 Å². The van der Waals surface area contributed by atoms with Crippen LogP contribution in [0.5, 0.6) is 17.2 Å². The first kappa shape index (κ1) is 18.2. The lowest BCUT2D eigenvalue weighted by Gasteiger charge is -2.12. The topological polar surface area (TPSA) is 78.6 Å². The zero-order valence-corrected chi connectivity index (χ0v) is 14.6. The van der Waals surface area contributed by atoms with Gasteiger partial charge < -0.3 is 15.2 Å². The van der Waals surface area contributed by atoms with E-state index in [0.717, 1.165) is 28.9 Å². The number of aldehydes is 1. The Morgan fingerprint density at radius 2 is 1.63 bits per heavy atom. The Balaban J connectivity index is 1.75. The van der Waals surface area contributed by atoms with Crippen molar-refractivity contribution in [1.29, 1.82) is 0 Å². The molecule has 3 rings (SSSR count). The standard InChI is InChI=1S/C22H19NO4/c23-22(25)15-26-21-11-8-17(14-24)13-18(21)12-16-6-9-20(10-7-16)27-19-4-2-1-3-5-19/h1-11,13-14H,12,15H2,(H2,23,25). The van der Waals surface area contributed by atoms with E-state index in [2.05, 4.69) is 0 Å².